The first-order valence-corrected chi connectivity index (χ1v) is 6.07. The summed E-state index contributed by atoms with van der Waals surface area (Å²) in [4.78, 5) is 13.1. The average Bonchev–Trinajstić information content (AvgIpc) is 2.27. The van der Waals surface area contributed by atoms with Crippen LogP contribution in [0.15, 0.2) is 12.7 Å². The van der Waals surface area contributed by atoms with Gasteiger partial charge in [0.05, 0.1) is 0 Å². The summed E-state index contributed by atoms with van der Waals surface area (Å²) in [5.74, 6) is -0.333. The zero-order valence-electron chi connectivity index (χ0n) is 10.9. The molecule has 0 saturated carbocycles. The molecule has 0 aliphatic carbocycles. The number of hydrogen-bond donors (Lipinski definition) is 0. The van der Waals surface area contributed by atoms with Gasteiger partial charge in [-0.05, 0) is 20.5 Å². The number of hydrogen-bond acceptors (Lipinski definition) is 3. The van der Waals surface area contributed by atoms with Crippen LogP contribution in [-0.4, -0.2) is 37.6 Å². The van der Waals surface area contributed by atoms with E-state index in [1.807, 2.05) is 14.1 Å². The lowest BCUT2D eigenvalue weighted by molar-refractivity contribution is -0.139. The molecule has 0 aromatic carbocycles. The summed E-state index contributed by atoms with van der Waals surface area (Å²) < 4.78 is 5.07. The van der Waals surface area contributed by atoms with Crippen LogP contribution in [0, 0.1) is 0 Å². The van der Waals surface area contributed by atoms with E-state index in [2.05, 4.69) is 18.4 Å². The summed E-state index contributed by atoms with van der Waals surface area (Å²) in [6, 6.07) is 0.320. The third kappa shape index (κ3) is 7.46. The number of esters is 1. The van der Waals surface area contributed by atoms with Crippen molar-refractivity contribution >= 4 is 5.97 Å². The number of carbonyl (C=O) groups excluding carboxylic acids is 1. The minimum atomic E-state index is -0.333. The van der Waals surface area contributed by atoms with Gasteiger partial charge in [-0.3, -0.25) is 0 Å². The van der Waals surface area contributed by atoms with Gasteiger partial charge in [0.1, 0.15) is 6.61 Å². The molecule has 0 aromatic rings. The molecule has 0 fully saturated rings. The Labute approximate surface area is 99.5 Å². The lowest BCUT2D eigenvalue weighted by Gasteiger charge is -2.23. The molecule has 0 aliphatic heterocycles. The lowest BCUT2D eigenvalue weighted by atomic mass is 10.1. The Kier molecular flexibility index (Phi) is 8.91. The molecule has 0 aromatic heterocycles. The molecular formula is C13H25NO2. The van der Waals surface area contributed by atoms with Crippen LogP contribution < -0.4 is 0 Å². The van der Waals surface area contributed by atoms with Crippen molar-refractivity contribution in [3.8, 4) is 0 Å². The van der Waals surface area contributed by atoms with E-state index < -0.39 is 0 Å². The van der Waals surface area contributed by atoms with Crippen molar-refractivity contribution in [2.45, 2.75) is 45.1 Å². The van der Waals surface area contributed by atoms with Gasteiger partial charge in [-0.25, -0.2) is 4.79 Å². The molecule has 0 radical (unpaired) electrons. The van der Waals surface area contributed by atoms with Crippen LogP contribution in [0.5, 0.6) is 0 Å². The van der Waals surface area contributed by atoms with Crippen LogP contribution in [0.25, 0.3) is 0 Å². The highest BCUT2D eigenvalue weighted by Gasteiger charge is 2.12. The Morgan fingerprint density at radius 3 is 2.56 bits per heavy atom. The summed E-state index contributed by atoms with van der Waals surface area (Å²) in [7, 11) is 4.04. The molecule has 0 rings (SSSR count). The number of carbonyl (C=O) groups is 1. The second-order valence-corrected chi connectivity index (χ2v) is 4.30. The van der Waals surface area contributed by atoms with Crippen molar-refractivity contribution in [1.82, 2.24) is 4.90 Å². The number of nitrogens with zero attached hydrogens (tertiary/aromatic N) is 1. The number of likely N-dealkylation sites (N-methyl/N-ethyl adjacent to an activating group) is 1. The minimum Gasteiger partial charge on any atom is -0.461 e. The zero-order chi connectivity index (χ0) is 12.4. The maximum atomic E-state index is 11.0. The van der Waals surface area contributed by atoms with E-state index in [9.17, 15) is 4.79 Å². The first kappa shape index (κ1) is 15.2. The van der Waals surface area contributed by atoms with Crippen LogP contribution in [0.2, 0.25) is 0 Å². The van der Waals surface area contributed by atoms with Crippen LogP contribution >= 0.6 is 0 Å². The molecular weight excluding hydrogens is 202 g/mol. The molecule has 16 heavy (non-hydrogen) atoms. The molecule has 0 spiro atoms. The number of ether oxygens (including phenoxy) is 1. The van der Waals surface area contributed by atoms with Gasteiger partial charge in [0.15, 0.2) is 0 Å². The Morgan fingerprint density at radius 1 is 1.38 bits per heavy atom. The number of unbranched alkanes of at least 4 members (excludes halogenated alkanes) is 3. The molecule has 3 nitrogen and oxygen atoms in total. The van der Waals surface area contributed by atoms with Gasteiger partial charge in [0.25, 0.3) is 0 Å². The Morgan fingerprint density at radius 2 is 2.06 bits per heavy atom. The minimum absolute atomic E-state index is 0.320. The standard InChI is InChI=1S/C13H25NO2/c1-5-7-8-9-10-12(14(3)4)11-16-13(15)6-2/h6,12H,2,5,7-11H2,1,3-4H3. The summed E-state index contributed by atoms with van der Waals surface area (Å²) in [6.07, 6.45) is 7.28. The van der Waals surface area contributed by atoms with Crippen LogP contribution in [0.1, 0.15) is 39.0 Å². The fourth-order valence-electron chi connectivity index (χ4n) is 1.53. The molecule has 1 atom stereocenters. The molecule has 0 bridgehead atoms. The van der Waals surface area contributed by atoms with Gasteiger partial charge in [0.2, 0.25) is 0 Å². The molecule has 1 unspecified atom stereocenters. The van der Waals surface area contributed by atoms with E-state index in [0.29, 0.717) is 12.6 Å². The van der Waals surface area contributed by atoms with E-state index in [4.69, 9.17) is 4.74 Å². The molecule has 0 heterocycles. The smallest absolute Gasteiger partial charge is 0.330 e. The average molecular weight is 227 g/mol. The first-order chi connectivity index (χ1) is 7.61. The maximum Gasteiger partial charge on any atom is 0.330 e. The van der Waals surface area contributed by atoms with Crippen molar-refractivity contribution in [3.63, 3.8) is 0 Å². The maximum absolute atomic E-state index is 11.0. The van der Waals surface area contributed by atoms with Gasteiger partial charge < -0.3 is 9.64 Å². The van der Waals surface area contributed by atoms with Crippen LogP contribution in [0.4, 0.5) is 0 Å². The fraction of sp³-hybridized carbons (Fsp3) is 0.769. The van der Waals surface area contributed by atoms with E-state index in [0.717, 1.165) is 6.42 Å². The van der Waals surface area contributed by atoms with Gasteiger partial charge in [-0.2, -0.15) is 0 Å². The third-order valence-electron chi connectivity index (χ3n) is 2.71. The Bertz CT molecular complexity index is 202. The van der Waals surface area contributed by atoms with Crippen molar-refractivity contribution in [2.75, 3.05) is 20.7 Å². The zero-order valence-corrected chi connectivity index (χ0v) is 10.9. The molecule has 0 amide bonds. The Balaban J connectivity index is 3.79. The third-order valence-corrected chi connectivity index (χ3v) is 2.71. The van der Waals surface area contributed by atoms with E-state index in [1.165, 1.54) is 31.8 Å². The van der Waals surface area contributed by atoms with Gasteiger partial charge in [0, 0.05) is 12.1 Å². The summed E-state index contributed by atoms with van der Waals surface area (Å²) in [6.45, 7) is 6.05. The second-order valence-electron chi connectivity index (χ2n) is 4.30. The summed E-state index contributed by atoms with van der Waals surface area (Å²) in [5.41, 5.74) is 0. The highest BCUT2D eigenvalue weighted by atomic mass is 16.5. The monoisotopic (exact) mass is 227 g/mol. The molecule has 94 valence electrons. The lowest BCUT2D eigenvalue weighted by Crippen LogP contribution is -2.33. The normalized spacial score (nSPS) is 12.5. The largest absolute Gasteiger partial charge is 0.461 e. The number of rotatable bonds is 9. The summed E-state index contributed by atoms with van der Waals surface area (Å²) in [5, 5.41) is 0. The van der Waals surface area contributed by atoms with Gasteiger partial charge in [-0.1, -0.05) is 39.2 Å². The highest BCUT2D eigenvalue weighted by Crippen LogP contribution is 2.09. The van der Waals surface area contributed by atoms with Gasteiger partial charge in [-0.15, -0.1) is 0 Å². The van der Waals surface area contributed by atoms with Crippen molar-refractivity contribution in [1.29, 1.82) is 0 Å². The topological polar surface area (TPSA) is 29.5 Å². The molecule has 0 N–H and O–H groups in total. The van der Waals surface area contributed by atoms with E-state index in [1.54, 1.807) is 0 Å². The van der Waals surface area contributed by atoms with Crippen molar-refractivity contribution in [2.24, 2.45) is 0 Å². The SMILES string of the molecule is C=CC(=O)OCC(CCCCCC)N(C)C. The second kappa shape index (κ2) is 9.40. The summed E-state index contributed by atoms with van der Waals surface area (Å²) >= 11 is 0. The quantitative estimate of drug-likeness (QED) is 0.344. The van der Waals surface area contributed by atoms with Crippen molar-refractivity contribution in [3.05, 3.63) is 12.7 Å². The predicted molar refractivity (Wildman–Crippen MR) is 67.4 cm³/mol. The van der Waals surface area contributed by atoms with Crippen LogP contribution in [-0.2, 0) is 9.53 Å². The predicted octanol–water partition coefficient (Wildman–Crippen LogP) is 2.62. The Hall–Kier alpha value is -0.830. The molecule has 0 aliphatic rings. The molecule has 3 heteroatoms. The highest BCUT2D eigenvalue weighted by molar-refractivity contribution is 5.81. The molecule has 0 saturated heterocycles. The van der Waals surface area contributed by atoms with Crippen molar-refractivity contribution < 1.29 is 9.53 Å². The van der Waals surface area contributed by atoms with Gasteiger partial charge >= 0.3 is 5.97 Å². The van der Waals surface area contributed by atoms with E-state index >= 15 is 0 Å². The van der Waals surface area contributed by atoms with E-state index in [-0.39, 0.29) is 5.97 Å². The van der Waals surface area contributed by atoms with Crippen LogP contribution in [0.3, 0.4) is 0 Å². The first-order valence-electron chi connectivity index (χ1n) is 6.07. The fourth-order valence-corrected chi connectivity index (χ4v) is 1.53.